The lowest BCUT2D eigenvalue weighted by molar-refractivity contribution is 0.261. The SMILES string of the molecule is COc1ccc(-c2nc(-c3ccccc3)c(-c3ccc(OCCN(C)C)cc3)[nH]2)cc1. The fourth-order valence-corrected chi connectivity index (χ4v) is 3.34. The molecule has 3 aromatic carbocycles. The van der Waals surface area contributed by atoms with E-state index in [4.69, 9.17) is 14.5 Å². The molecule has 0 aliphatic rings. The van der Waals surface area contributed by atoms with Gasteiger partial charge in [0.05, 0.1) is 18.5 Å². The van der Waals surface area contributed by atoms with Gasteiger partial charge in [0.25, 0.3) is 0 Å². The molecule has 0 radical (unpaired) electrons. The number of nitrogens with one attached hydrogen (secondary N) is 1. The molecule has 0 amide bonds. The van der Waals surface area contributed by atoms with Gasteiger partial charge in [-0.1, -0.05) is 30.3 Å². The number of imidazole rings is 1. The number of aromatic nitrogens is 2. The molecule has 0 aliphatic carbocycles. The first-order valence-electron chi connectivity index (χ1n) is 10.3. The lowest BCUT2D eigenvalue weighted by Gasteiger charge is -2.11. The third-order valence-electron chi connectivity index (χ3n) is 5.06. The Morgan fingerprint density at radius 3 is 2.06 bits per heavy atom. The van der Waals surface area contributed by atoms with Crippen molar-refractivity contribution in [3.63, 3.8) is 0 Å². The zero-order valence-electron chi connectivity index (χ0n) is 18.1. The average Bonchev–Trinajstić information content (AvgIpc) is 3.25. The maximum Gasteiger partial charge on any atom is 0.138 e. The Morgan fingerprint density at radius 2 is 1.42 bits per heavy atom. The predicted molar refractivity (Wildman–Crippen MR) is 125 cm³/mol. The van der Waals surface area contributed by atoms with Crippen molar-refractivity contribution in [2.24, 2.45) is 0 Å². The maximum atomic E-state index is 5.84. The van der Waals surface area contributed by atoms with Crippen molar-refractivity contribution in [1.29, 1.82) is 0 Å². The van der Waals surface area contributed by atoms with Crippen LogP contribution in [0.15, 0.2) is 78.9 Å². The lowest BCUT2D eigenvalue weighted by atomic mass is 10.1. The van der Waals surface area contributed by atoms with Gasteiger partial charge < -0.3 is 19.4 Å². The van der Waals surface area contributed by atoms with Gasteiger partial charge in [-0.25, -0.2) is 4.98 Å². The molecule has 5 heteroatoms. The Hall–Kier alpha value is -3.57. The minimum absolute atomic E-state index is 0.660. The van der Waals surface area contributed by atoms with Crippen LogP contribution in [-0.2, 0) is 0 Å². The van der Waals surface area contributed by atoms with Crippen LogP contribution in [0.2, 0.25) is 0 Å². The maximum absolute atomic E-state index is 5.84. The minimum Gasteiger partial charge on any atom is -0.497 e. The van der Waals surface area contributed by atoms with Crippen molar-refractivity contribution in [3.05, 3.63) is 78.9 Å². The summed E-state index contributed by atoms with van der Waals surface area (Å²) in [6.07, 6.45) is 0. The fraction of sp³-hybridized carbons (Fsp3) is 0.192. The van der Waals surface area contributed by atoms with Crippen molar-refractivity contribution in [1.82, 2.24) is 14.9 Å². The minimum atomic E-state index is 0.660. The van der Waals surface area contributed by atoms with Crippen LogP contribution in [0.5, 0.6) is 11.5 Å². The molecule has 1 heterocycles. The van der Waals surface area contributed by atoms with E-state index in [0.717, 1.165) is 51.9 Å². The summed E-state index contributed by atoms with van der Waals surface area (Å²) in [5, 5.41) is 0. The van der Waals surface area contributed by atoms with Gasteiger partial charge in [0.1, 0.15) is 23.9 Å². The number of aromatic amines is 1. The van der Waals surface area contributed by atoms with E-state index < -0.39 is 0 Å². The Balaban J connectivity index is 1.67. The number of hydrogen-bond acceptors (Lipinski definition) is 4. The topological polar surface area (TPSA) is 50.4 Å². The molecular weight excluding hydrogens is 386 g/mol. The molecule has 1 N–H and O–H groups in total. The van der Waals surface area contributed by atoms with E-state index in [1.54, 1.807) is 7.11 Å². The highest BCUT2D eigenvalue weighted by Gasteiger charge is 2.15. The number of rotatable bonds is 8. The number of hydrogen-bond donors (Lipinski definition) is 1. The first-order chi connectivity index (χ1) is 15.1. The second kappa shape index (κ2) is 9.49. The van der Waals surface area contributed by atoms with E-state index in [0.29, 0.717) is 6.61 Å². The first-order valence-corrected chi connectivity index (χ1v) is 10.3. The van der Waals surface area contributed by atoms with Gasteiger partial charge in [-0.15, -0.1) is 0 Å². The Labute approximate surface area is 183 Å². The van der Waals surface area contributed by atoms with Gasteiger partial charge in [0, 0.05) is 23.2 Å². The fourth-order valence-electron chi connectivity index (χ4n) is 3.34. The van der Waals surface area contributed by atoms with Crippen molar-refractivity contribution < 1.29 is 9.47 Å². The third kappa shape index (κ3) is 4.95. The van der Waals surface area contributed by atoms with Crippen LogP contribution in [-0.4, -0.2) is 49.2 Å². The zero-order chi connectivity index (χ0) is 21.6. The number of nitrogens with zero attached hydrogens (tertiary/aromatic N) is 2. The molecule has 5 nitrogen and oxygen atoms in total. The number of benzene rings is 3. The van der Waals surface area contributed by atoms with E-state index in [9.17, 15) is 0 Å². The van der Waals surface area contributed by atoms with Crippen molar-refractivity contribution in [2.45, 2.75) is 0 Å². The molecule has 0 saturated heterocycles. The van der Waals surface area contributed by atoms with Gasteiger partial charge in [0.15, 0.2) is 0 Å². The van der Waals surface area contributed by atoms with Gasteiger partial charge in [0.2, 0.25) is 0 Å². The van der Waals surface area contributed by atoms with Crippen LogP contribution in [0.1, 0.15) is 0 Å². The van der Waals surface area contributed by atoms with Gasteiger partial charge in [-0.05, 0) is 62.6 Å². The summed E-state index contributed by atoms with van der Waals surface area (Å²) in [5.74, 6) is 2.51. The largest absolute Gasteiger partial charge is 0.497 e. The van der Waals surface area contributed by atoms with Crippen molar-refractivity contribution in [2.75, 3.05) is 34.4 Å². The molecule has 0 atom stereocenters. The number of methoxy groups -OCH3 is 1. The molecular formula is C26H27N3O2. The van der Waals surface area contributed by atoms with Crippen LogP contribution < -0.4 is 9.47 Å². The second-order valence-corrected chi connectivity index (χ2v) is 7.58. The molecule has 158 valence electrons. The number of likely N-dealkylation sites (N-methyl/N-ethyl adjacent to an activating group) is 1. The summed E-state index contributed by atoms with van der Waals surface area (Å²) < 4.78 is 11.1. The van der Waals surface area contributed by atoms with Crippen LogP contribution in [0.3, 0.4) is 0 Å². The van der Waals surface area contributed by atoms with E-state index in [2.05, 4.69) is 34.1 Å². The molecule has 1 aromatic heterocycles. The summed E-state index contributed by atoms with van der Waals surface area (Å²) in [7, 11) is 5.74. The molecule has 0 aliphatic heterocycles. The summed E-state index contributed by atoms with van der Waals surface area (Å²) in [6.45, 7) is 1.54. The van der Waals surface area contributed by atoms with Crippen molar-refractivity contribution >= 4 is 0 Å². The molecule has 0 spiro atoms. The number of H-pyrrole nitrogens is 1. The van der Waals surface area contributed by atoms with E-state index >= 15 is 0 Å². The molecule has 4 aromatic rings. The molecule has 0 unspecified atom stereocenters. The highest BCUT2D eigenvalue weighted by molar-refractivity contribution is 5.81. The van der Waals surface area contributed by atoms with Gasteiger partial charge in [-0.2, -0.15) is 0 Å². The lowest BCUT2D eigenvalue weighted by Crippen LogP contribution is -2.19. The normalized spacial score (nSPS) is 11.0. The molecule has 31 heavy (non-hydrogen) atoms. The summed E-state index contributed by atoms with van der Waals surface area (Å²) in [6, 6.07) is 26.3. The highest BCUT2D eigenvalue weighted by atomic mass is 16.5. The number of ether oxygens (including phenoxy) is 2. The smallest absolute Gasteiger partial charge is 0.138 e. The van der Waals surface area contributed by atoms with Crippen LogP contribution >= 0.6 is 0 Å². The monoisotopic (exact) mass is 413 g/mol. The first kappa shape index (κ1) is 20.7. The van der Waals surface area contributed by atoms with E-state index in [-0.39, 0.29) is 0 Å². The van der Waals surface area contributed by atoms with Crippen LogP contribution in [0.25, 0.3) is 33.9 Å². The average molecular weight is 414 g/mol. The quantitative estimate of drug-likeness (QED) is 0.422. The van der Waals surface area contributed by atoms with Gasteiger partial charge >= 0.3 is 0 Å². The summed E-state index contributed by atoms with van der Waals surface area (Å²) >= 11 is 0. The van der Waals surface area contributed by atoms with E-state index in [1.807, 2.05) is 68.7 Å². The predicted octanol–water partition coefficient (Wildman–Crippen LogP) is 5.36. The summed E-state index contributed by atoms with van der Waals surface area (Å²) in [4.78, 5) is 10.6. The molecule has 4 rings (SSSR count). The van der Waals surface area contributed by atoms with Crippen molar-refractivity contribution in [3.8, 4) is 45.4 Å². The molecule has 0 bridgehead atoms. The zero-order valence-corrected chi connectivity index (χ0v) is 18.1. The van der Waals surface area contributed by atoms with E-state index in [1.165, 1.54) is 0 Å². The summed E-state index contributed by atoms with van der Waals surface area (Å²) in [5.41, 5.74) is 5.04. The van der Waals surface area contributed by atoms with Gasteiger partial charge in [-0.3, -0.25) is 0 Å². The third-order valence-corrected chi connectivity index (χ3v) is 5.06. The molecule has 0 saturated carbocycles. The second-order valence-electron chi connectivity index (χ2n) is 7.58. The Kier molecular flexibility index (Phi) is 6.34. The highest BCUT2D eigenvalue weighted by Crippen LogP contribution is 2.34. The van der Waals surface area contributed by atoms with Crippen LogP contribution in [0, 0.1) is 0 Å². The van der Waals surface area contributed by atoms with Crippen LogP contribution in [0.4, 0.5) is 0 Å². The molecule has 0 fully saturated rings. The Morgan fingerprint density at radius 1 is 0.774 bits per heavy atom. The Bertz CT molecular complexity index is 1100. The standard InChI is InChI=1S/C26H27N3O2/c1-29(2)17-18-31-23-15-9-20(10-16-23)25-24(19-7-5-4-6-8-19)27-26(28-25)21-11-13-22(30-3)14-12-21/h4-16H,17-18H2,1-3H3,(H,27,28).